The van der Waals surface area contributed by atoms with Gasteiger partial charge in [0.15, 0.2) is 5.82 Å². The molecule has 0 atom stereocenters. The van der Waals surface area contributed by atoms with Gasteiger partial charge in [-0.2, -0.15) is 0 Å². The zero-order chi connectivity index (χ0) is 11.7. The van der Waals surface area contributed by atoms with Crippen LogP contribution in [0.15, 0.2) is 6.07 Å². The van der Waals surface area contributed by atoms with Gasteiger partial charge in [0.25, 0.3) is 0 Å². The smallest absolute Gasteiger partial charge is 0.151 e. The number of ether oxygens (including phenoxy) is 1. The molecule has 2 N–H and O–H groups in total. The molecule has 0 radical (unpaired) electrons. The summed E-state index contributed by atoms with van der Waals surface area (Å²) in [6.45, 7) is 5.06. The lowest BCUT2D eigenvalue weighted by Gasteiger charge is -2.02. The van der Waals surface area contributed by atoms with Crippen LogP contribution in [0.3, 0.4) is 0 Å². The first-order valence-electron chi connectivity index (χ1n) is 5.29. The maximum Gasteiger partial charge on any atom is 0.151 e. The molecular formula is C11H16N4O. The van der Waals surface area contributed by atoms with Gasteiger partial charge in [-0.3, -0.25) is 0 Å². The summed E-state index contributed by atoms with van der Waals surface area (Å²) in [7, 11) is 1.96. The number of anilines is 1. The Hall–Kier alpha value is -1.62. The highest BCUT2D eigenvalue weighted by Gasteiger charge is 2.11. The van der Waals surface area contributed by atoms with Crippen molar-refractivity contribution in [2.75, 3.05) is 12.3 Å². The van der Waals surface area contributed by atoms with E-state index >= 15 is 0 Å². The van der Waals surface area contributed by atoms with Gasteiger partial charge in [0, 0.05) is 19.3 Å². The average molecular weight is 220 g/mol. The summed E-state index contributed by atoms with van der Waals surface area (Å²) < 4.78 is 7.35. The number of nitrogens with zero attached hydrogens (tertiary/aromatic N) is 3. The molecule has 2 rings (SSSR count). The number of aryl methyl sites for hydroxylation is 2. The molecule has 5 heteroatoms. The first-order chi connectivity index (χ1) is 7.63. The van der Waals surface area contributed by atoms with E-state index in [2.05, 4.69) is 9.97 Å². The van der Waals surface area contributed by atoms with E-state index in [0.29, 0.717) is 19.0 Å². The summed E-state index contributed by atoms with van der Waals surface area (Å²) in [5, 5.41) is 0. The fourth-order valence-electron chi connectivity index (χ4n) is 1.71. The molecule has 0 fully saturated rings. The summed E-state index contributed by atoms with van der Waals surface area (Å²) in [5.74, 6) is 1.35. The third-order valence-corrected chi connectivity index (χ3v) is 2.55. The fraction of sp³-hybridized carbons (Fsp3) is 0.455. The zero-order valence-corrected chi connectivity index (χ0v) is 9.82. The first-order valence-corrected chi connectivity index (χ1v) is 5.29. The summed E-state index contributed by atoms with van der Waals surface area (Å²) >= 11 is 0. The molecule has 0 amide bonds. The van der Waals surface area contributed by atoms with Crippen LogP contribution >= 0.6 is 0 Å². The number of hydrogen-bond acceptors (Lipinski definition) is 4. The largest absolute Gasteiger partial charge is 0.382 e. The third-order valence-electron chi connectivity index (χ3n) is 2.55. The first kappa shape index (κ1) is 10.9. The van der Waals surface area contributed by atoms with Crippen molar-refractivity contribution >= 4 is 16.9 Å². The Labute approximate surface area is 94.2 Å². The van der Waals surface area contributed by atoms with Gasteiger partial charge >= 0.3 is 0 Å². The summed E-state index contributed by atoms with van der Waals surface area (Å²) in [5.41, 5.74) is 8.49. The predicted octanol–water partition coefficient (Wildman–Crippen LogP) is 1.40. The number of fused-ring (bicyclic) bond motifs is 1. The molecular weight excluding hydrogens is 204 g/mol. The van der Waals surface area contributed by atoms with Crippen molar-refractivity contribution in [1.29, 1.82) is 0 Å². The van der Waals surface area contributed by atoms with Gasteiger partial charge in [-0.05, 0) is 19.9 Å². The molecule has 0 aromatic carbocycles. The molecule has 0 aliphatic heterocycles. The molecule has 0 bridgehead atoms. The van der Waals surface area contributed by atoms with E-state index < -0.39 is 0 Å². The van der Waals surface area contributed by atoms with Crippen LogP contribution in [0.1, 0.15) is 18.4 Å². The van der Waals surface area contributed by atoms with Gasteiger partial charge in [0.1, 0.15) is 17.9 Å². The van der Waals surface area contributed by atoms with Crippen LogP contribution < -0.4 is 5.73 Å². The van der Waals surface area contributed by atoms with Gasteiger partial charge in [0.2, 0.25) is 0 Å². The molecule has 0 saturated carbocycles. The second kappa shape index (κ2) is 4.09. The summed E-state index contributed by atoms with van der Waals surface area (Å²) in [6.07, 6.45) is 0. The van der Waals surface area contributed by atoms with Gasteiger partial charge in [0.05, 0.1) is 5.52 Å². The second-order valence-corrected chi connectivity index (χ2v) is 3.74. The average Bonchev–Trinajstić information content (AvgIpc) is 2.54. The van der Waals surface area contributed by atoms with Crippen molar-refractivity contribution in [2.24, 2.45) is 7.05 Å². The standard InChI is InChI=1S/C11H16N4O/c1-4-16-6-9-14-10-8(15(9)3)5-7(2)13-11(10)12/h5H,4,6H2,1-3H3,(H2,12,13). The highest BCUT2D eigenvalue weighted by Crippen LogP contribution is 2.20. The highest BCUT2D eigenvalue weighted by atomic mass is 16.5. The second-order valence-electron chi connectivity index (χ2n) is 3.74. The Balaban J connectivity index is 2.54. The normalized spacial score (nSPS) is 11.2. The van der Waals surface area contributed by atoms with Crippen molar-refractivity contribution in [3.05, 3.63) is 17.6 Å². The van der Waals surface area contributed by atoms with Crippen molar-refractivity contribution in [3.63, 3.8) is 0 Å². The Morgan fingerprint density at radius 2 is 2.19 bits per heavy atom. The van der Waals surface area contributed by atoms with E-state index in [1.165, 1.54) is 0 Å². The lowest BCUT2D eigenvalue weighted by molar-refractivity contribution is 0.126. The molecule has 2 aromatic rings. The van der Waals surface area contributed by atoms with Crippen molar-refractivity contribution in [3.8, 4) is 0 Å². The van der Waals surface area contributed by atoms with E-state index in [0.717, 1.165) is 22.6 Å². The molecule has 2 heterocycles. The van der Waals surface area contributed by atoms with Crippen LogP contribution in [0, 0.1) is 6.92 Å². The molecule has 0 aliphatic carbocycles. The topological polar surface area (TPSA) is 66.0 Å². The minimum absolute atomic E-state index is 0.480. The lowest BCUT2D eigenvalue weighted by Crippen LogP contribution is -2.00. The Kier molecular flexibility index (Phi) is 2.78. The van der Waals surface area contributed by atoms with Gasteiger partial charge in [-0.15, -0.1) is 0 Å². The van der Waals surface area contributed by atoms with E-state index in [-0.39, 0.29) is 0 Å². The SMILES string of the molecule is CCOCc1nc2c(N)nc(C)cc2n1C. The number of hydrogen-bond donors (Lipinski definition) is 1. The molecule has 5 nitrogen and oxygen atoms in total. The molecule has 0 spiro atoms. The van der Waals surface area contributed by atoms with E-state index in [9.17, 15) is 0 Å². The number of aromatic nitrogens is 3. The van der Waals surface area contributed by atoms with Gasteiger partial charge in [-0.25, -0.2) is 9.97 Å². The van der Waals surface area contributed by atoms with E-state index in [4.69, 9.17) is 10.5 Å². The predicted molar refractivity (Wildman–Crippen MR) is 63.0 cm³/mol. The van der Waals surface area contributed by atoms with Crippen LogP contribution in [0.4, 0.5) is 5.82 Å². The monoisotopic (exact) mass is 220 g/mol. The molecule has 0 saturated heterocycles. The Bertz CT molecular complexity index is 518. The van der Waals surface area contributed by atoms with Crippen LogP contribution in [0.25, 0.3) is 11.0 Å². The number of rotatable bonds is 3. The number of nitrogens with two attached hydrogens (primary N) is 1. The number of nitrogen functional groups attached to an aromatic ring is 1. The Morgan fingerprint density at radius 3 is 2.88 bits per heavy atom. The van der Waals surface area contributed by atoms with Crippen LogP contribution in [-0.4, -0.2) is 21.1 Å². The third kappa shape index (κ3) is 1.74. The van der Waals surface area contributed by atoms with E-state index in [1.807, 2.05) is 31.5 Å². The summed E-state index contributed by atoms with van der Waals surface area (Å²) in [6, 6.07) is 1.98. The minimum Gasteiger partial charge on any atom is -0.382 e. The number of imidazole rings is 1. The summed E-state index contributed by atoms with van der Waals surface area (Å²) in [4.78, 5) is 8.64. The van der Waals surface area contributed by atoms with Gasteiger partial charge in [-0.1, -0.05) is 0 Å². The van der Waals surface area contributed by atoms with Crippen molar-refractivity contribution in [1.82, 2.24) is 14.5 Å². The number of pyridine rings is 1. The molecule has 0 aliphatic rings. The molecule has 16 heavy (non-hydrogen) atoms. The lowest BCUT2D eigenvalue weighted by atomic mass is 10.3. The van der Waals surface area contributed by atoms with Crippen molar-refractivity contribution in [2.45, 2.75) is 20.5 Å². The fourth-order valence-corrected chi connectivity index (χ4v) is 1.71. The maximum absolute atomic E-state index is 5.84. The quantitative estimate of drug-likeness (QED) is 0.849. The molecule has 86 valence electrons. The van der Waals surface area contributed by atoms with E-state index in [1.54, 1.807) is 0 Å². The molecule has 2 aromatic heterocycles. The Morgan fingerprint density at radius 1 is 1.44 bits per heavy atom. The van der Waals surface area contributed by atoms with Gasteiger partial charge < -0.3 is 15.0 Å². The minimum atomic E-state index is 0.480. The molecule has 0 unspecified atom stereocenters. The van der Waals surface area contributed by atoms with Crippen LogP contribution in [-0.2, 0) is 18.4 Å². The maximum atomic E-state index is 5.84. The highest BCUT2D eigenvalue weighted by molar-refractivity contribution is 5.85. The zero-order valence-electron chi connectivity index (χ0n) is 9.82. The van der Waals surface area contributed by atoms with Crippen molar-refractivity contribution < 1.29 is 4.74 Å². The van der Waals surface area contributed by atoms with Crippen LogP contribution in [0.2, 0.25) is 0 Å². The van der Waals surface area contributed by atoms with Crippen LogP contribution in [0.5, 0.6) is 0 Å².